The van der Waals surface area contributed by atoms with Crippen LogP contribution in [0.4, 0.5) is 4.39 Å². The summed E-state index contributed by atoms with van der Waals surface area (Å²) in [7, 11) is 0. The average Bonchev–Trinajstić information content (AvgIpc) is 3.09. The minimum absolute atomic E-state index is 0.0240. The monoisotopic (exact) mass is 480 g/mol. The fraction of sp³-hybridized carbons (Fsp3) is 0.269. The topological polar surface area (TPSA) is 69.9 Å². The summed E-state index contributed by atoms with van der Waals surface area (Å²) in [5.41, 5.74) is 1.78. The van der Waals surface area contributed by atoms with Gasteiger partial charge >= 0.3 is 5.97 Å². The first-order chi connectivity index (χ1) is 16.3. The molecule has 0 radical (unpaired) electrons. The predicted molar refractivity (Wildman–Crippen MR) is 129 cm³/mol. The Labute approximate surface area is 200 Å². The van der Waals surface area contributed by atoms with Crippen molar-refractivity contribution in [2.75, 3.05) is 6.61 Å². The van der Waals surface area contributed by atoms with E-state index in [0.717, 1.165) is 5.56 Å². The van der Waals surface area contributed by atoms with Crippen LogP contribution in [0.2, 0.25) is 0 Å². The van der Waals surface area contributed by atoms with Crippen LogP contribution in [0.15, 0.2) is 69.6 Å². The van der Waals surface area contributed by atoms with Crippen LogP contribution in [0.25, 0.3) is 6.08 Å². The minimum atomic E-state index is -0.778. The van der Waals surface area contributed by atoms with E-state index in [-0.39, 0.29) is 23.8 Å². The van der Waals surface area contributed by atoms with Gasteiger partial charge in [0.25, 0.3) is 5.56 Å². The molecule has 0 aliphatic carbocycles. The summed E-state index contributed by atoms with van der Waals surface area (Å²) in [5.74, 6) is -0.291. The van der Waals surface area contributed by atoms with Crippen molar-refractivity contribution in [1.29, 1.82) is 0 Å². The lowest BCUT2D eigenvalue weighted by atomic mass is 9.96. The van der Waals surface area contributed by atoms with Crippen LogP contribution >= 0.6 is 11.3 Å². The first-order valence-electron chi connectivity index (χ1n) is 11.0. The van der Waals surface area contributed by atoms with Gasteiger partial charge in [0, 0.05) is 5.56 Å². The molecule has 4 rings (SSSR count). The van der Waals surface area contributed by atoms with E-state index in [1.165, 1.54) is 28.0 Å². The number of aromatic nitrogens is 1. The third kappa shape index (κ3) is 4.59. The number of ether oxygens (including phenoxy) is 2. The Morgan fingerprint density at radius 1 is 1.21 bits per heavy atom. The second-order valence-corrected chi connectivity index (χ2v) is 9.07. The molecule has 3 aromatic rings. The Hall–Kier alpha value is -3.52. The van der Waals surface area contributed by atoms with Crippen molar-refractivity contribution in [1.82, 2.24) is 4.57 Å². The van der Waals surface area contributed by atoms with Gasteiger partial charge in [0.2, 0.25) is 0 Å². The van der Waals surface area contributed by atoms with Crippen molar-refractivity contribution < 1.29 is 18.7 Å². The van der Waals surface area contributed by atoms with E-state index in [2.05, 4.69) is 4.99 Å². The molecule has 176 valence electrons. The van der Waals surface area contributed by atoms with Crippen LogP contribution in [0.5, 0.6) is 5.75 Å². The van der Waals surface area contributed by atoms with Crippen molar-refractivity contribution in [3.63, 3.8) is 0 Å². The molecule has 2 aromatic carbocycles. The lowest BCUT2D eigenvalue weighted by Gasteiger charge is -2.24. The maximum absolute atomic E-state index is 13.7. The number of esters is 1. The van der Waals surface area contributed by atoms with Gasteiger partial charge in [-0.05, 0) is 57.5 Å². The molecule has 8 heteroatoms. The number of para-hydroxylation sites is 1. The van der Waals surface area contributed by atoms with Crippen LogP contribution in [0, 0.1) is 5.82 Å². The molecule has 1 atom stereocenters. The summed E-state index contributed by atoms with van der Waals surface area (Å²) < 4.78 is 26.7. The molecule has 0 amide bonds. The lowest BCUT2D eigenvalue weighted by molar-refractivity contribution is -0.139. The zero-order chi connectivity index (χ0) is 24.4. The van der Waals surface area contributed by atoms with Gasteiger partial charge < -0.3 is 9.47 Å². The van der Waals surface area contributed by atoms with Crippen LogP contribution in [0.3, 0.4) is 0 Å². The molecule has 0 fully saturated rings. The van der Waals surface area contributed by atoms with Gasteiger partial charge in [0.1, 0.15) is 11.6 Å². The van der Waals surface area contributed by atoms with Gasteiger partial charge in [0.05, 0.1) is 34.6 Å². The highest BCUT2D eigenvalue weighted by molar-refractivity contribution is 7.07. The van der Waals surface area contributed by atoms with E-state index >= 15 is 0 Å². The molecule has 34 heavy (non-hydrogen) atoms. The van der Waals surface area contributed by atoms with Gasteiger partial charge in [0.15, 0.2) is 4.80 Å². The molecule has 0 unspecified atom stereocenters. The fourth-order valence-corrected chi connectivity index (χ4v) is 4.89. The predicted octanol–water partition coefficient (Wildman–Crippen LogP) is 3.72. The average molecular weight is 481 g/mol. The quantitative estimate of drug-likeness (QED) is 0.504. The van der Waals surface area contributed by atoms with Gasteiger partial charge in [-0.25, -0.2) is 14.2 Å². The van der Waals surface area contributed by atoms with E-state index in [9.17, 15) is 14.0 Å². The molecular weight excluding hydrogens is 455 g/mol. The molecule has 1 aromatic heterocycles. The lowest BCUT2D eigenvalue weighted by Crippen LogP contribution is -2.39. The number of nitrogens with zero attached hydrogens (tertiary/aromatic N) is 2. The summed E-state index contributed by atoms with van der Waals surface area (Å²) in [4.78, 5) is 31.5. The van der Waals surface area contributed by atoms with E-state index in [0.29, 0.717) is 26.3 Å². The number of allylic oxidation sites excluding steroid dienone is 1. The number of hydrogen-bond donors (Lipinski definition) is 0. The summed E-state index contributed by atoms with van der Waals surface area (Å²) in [6.07, 6.45) is 1.75. The Bertz CT molecular complexity index is 1430. The Morgan fingerprint density at radius 3 is 2.59 bits per heavy atom. The number of thiazole rings is 1. The van der Waals surface area contributed by atoms with Gasteiger partial charge in [-0.1, -0.05) is 41.7 Å². The molecule has 1 aliphatic heterocycles. The van der Waals surface area contributed by atoms with Crippen LogP contribution in [-0.2, 0) is 9.53 Å². The number of benzene rings is 2. The molecular formula is C26H25FN2O4S. The van der Waals surface area contributed by atoms with E-state index in [1.54, 1.807) is 32.1 Å². The van der Waals surface area contributed by atoms with E-state index < -0.39 is 17.8 Å². The van der Waals surface area contributed by atoms with Crippen molar-refractivity contribution in [2.24, 2.45) is 4.99 Å². The standard InChI is InChI=1S/C26H25FN2O4S/c1-5-32-25(31)22-16(4)28-26-29(23(22)17-10-12-19(27)13-11-17)24(30)21(34-26)14-18-8-6-7-9-20(18)33-15(2)3/h6-15,23H,5H2,1-4H3/t23-/m0/s1. The van der Waals surface area contributed by atoms with Crippen LogP contribution in [-0.4, -0.2) is 23.2 Å². The number of carbonyl (C=O) groups is 1. The zero-order valence-corrected chi connectivity index (χ0v) is 20.2. The highest BCUT2D eigenvalue weighted by Crippen LogP contribution is 2.30. The molecule has 0 saturated carbocycles. The smallest absolute Gasteiger partial charge is 0.338 e. The van der Waals surface area contributed by atoms with Crippen molar-refractivity contribution in [3.05, 3.63) is 96.4 Å². The number of hydrogen-bond acceptors (Lipinski definition) is 6. The van der Waals surface area contributed by atoms with Crippen LogP contribution in [0.1, 0.15) is 44.9 Å². The normalized spacial score (nSPS) is 15.8. The third-order valence-corrected chi connectivity index (χ3v) is 6.25. The Kier molecular flexibility index (Phi) is 6.79. The molecule has 1 aliphatic rings. The SMILES string of the molecule is CCOC(=O)C1=C(C)N=c2sc(=Cc3ccccc3OC(C)C)c(=O)n2[C@H]1c1ccc(F)cc1. The molecule has 0 spiro atoms. The van der Waals surface area contributed by atoms with Gasteiger partial charge in [-0.15, -0.1) is 0 Å². The Morgan fingerprint density at radius 2 is 1.91 bits per heavy atom. The molecule has 0 N–H and O–H groups in total. The molecule has 0 saturated heterocycles. The number of rotatable bonds is 6. The van der Waals surface area contributed by atoms with E-state index in [4.69, 9.17) is 9.47 Å². The highest BCUT2D eigenvalue weighted by Gasteiger charge is 2.33. The van der Waals surface area contributed by atoms with Gasteiger partial charge in [-0.3, -0.25) is 9.36 Å². The minimum Gasteiger partial charge on any atom is -0.490 e. The van der Waals surface area contributed by atoms with Crippen LogP contribution < -0.4 is 19.6 Å². The fourth-order valence-electron chi connectivity index (χ4n) is 3.85. The second-order valence-electron chi connectivity index (χ2n) is 8.06. The van der Waals surface area contributed by atoms with Crippen molar-refractivity contribution >= 4 is 23.4 Å². The summed E-state index contributed by atoms with van der Waals surface area (Å²) >= 11 is 1.23. The van der Waals surface area contributed by atoms with Gasteiger partial charge in [-0.2, -0.15) is 0 Å². The first-order valence-corrected chi connectivity index (χ1v) is 11.8. The first kappa shape index (κ1) is 23.6. The maximum Gasteiger partial charge on any atom is 0.338 e. The van der Waals surface area contributed by atoms with E-state index in [1.807, 2.05) is 38.1 Å². The molecule has 6 nitrogen and oxygen atoms in total. The largest absolute Gasteiger partial charge is 0.490 e. The summed E-state index contributed by atoms with van der Waals surface area (Å²) in [5, 5.41) is 0. The van der Waals surface area contributed by atoms with Crippen molar-refractivity contribution in [3.8, 4) is 5.75 Å². The second kappa shape index (κ2) is 9.77. The maximum atomic E-state index is 13.7. The third-order valence-electron chi connectivity index (χ3n) is 5.27. The molecule has 0 bridgehead atoms. The number of carbonyl (C=O) groups excluding carboxylic acids is 1. The summed E-state index contributed by atoms with van der Waals surface area (Å²) in [6.45, 7) is 7.49. The summed E-state index contributed by atoms with van der Waals surface area (Å²) in [6, 6.07) is 12.5. The molecule has 2 heterocycles. The number of fused-ring (bicyclic) bond motifs is 1. The van der Waals surface area contributed by atoms with Crippen molar-refractivity contribution in [2.45, 2.75) is 39.8 Å². The number of halogens is 1. The Balaban J connectivity index is 1.93. The zero-order valence-electron chi connectivity index (χ0n) is 19.4. The highest BCUT2D eigenvalue weighted by atomic mass is 32.1.